The van der Waals surface area contributed by atoms with Gasteiger partial charge in [-0.2, -0.15) is 0 Å². The van der Waals surface area contributed by atoms with Crippen LogP contribution in [0.3, 0.4) is 0 Å². The van der Waals surface area contributed by atoms with E-state index in [4.69, 9.17) is 4.98 Å². The van der Waals surface area contributed by atoms with Crippen molar-refractivity contribution >= 4 is 11.5 Å². The minimum absolute atomic E-state index is 0.378. The van der Waals surface area contributed by atoms with Crippen molar-refractivity contribution in [3.63, 3.8) is 0 Å². The summed E-state index contributed by atoms with van der Waals surface area (Å²) in [4.78, 5) is 6.72. The van der Waals surface area contributed by atoms with Crippen molar-refractivity contribution in [3.8, 4) is 0 Å². The Balaban J connectivity index is 2.29. The predicted octanol–water partition coefficient (Wildman–Crippen LogP) is 1.90. The van der Waals surface area contributed by atoms with E-state index in [1.54, 1.807) is 6.92 Å². The van der Waals surface area contributed by atoms with Gasteiger partial charge in [-0.25, -0.2) is 4.98 Å². The summed E-state index contributed by atoms with van der Waals surface area (Å²) in [5.74, 6) is 1.54. The Bertz CT molecular complexity index is 577. The smallest absolute Gasteiger partial charge is 0.152 e. The number of hydrogen-bond acceptors (Lipinski definition) is 4. The van der Waals surface area contributed by atoms with Gasteiger partial charge < -0.3 is 19.7 Å². The number of pyridine rings is 1. The van der Waals surface area contributed by atoms with E-state index in [0.29, 0.717) is 12.5 Å². The van der Waals surface area contributed by atoms with Crippen molar-refractivity contribution in [3.05, 3.63) is 30.1 Å². The number of rotatable bonds is 7. The zero-order valence-corrected chi connectivity index (χ0v) is 13.4. The summed E-state index contributed by atoms with van der Waals surface area (Å²) in [6.07, 6.45) is 1.66. The molecule has 2 aromatic rings. The van der Waals surface area contributed by atoms with Crippen molar-refractivity contribution in [2.24, 2.45) is 5.92 Å². The molecule has 0 aliphatic carbocycles. The molecule has 0 bridgehead atoms. The lowest BCUT2D eigenvalue weighted by atomic mass is 10.2. The molecule has 2 heterocycles. The summed E-state index contributed by atoms with van der Waals surface area (Å²) >= 11 is 0. The van der Waals surface area contributed by atoms with E-state index in [1.165, 1.54) is 0 Å². The van der Waals surface area contributed by atoms with E-state index >= 15 is 0 Å². The number of nitrogens with zero attached hydrogens (tertiary/aromatic N) is 3. The normalized spacial score (nSPS) is 13.0. The Hall–Kier alpha value is -1.59. The number of hydrogen-bond donors (Lipinski definition) is 2. The molecular formula is C16H26N4O. The maximum absolute atomic E-state index is 9.61. The molecule has 5 heteroatoms. The first kappa shape index (κ1) is 15.8. The van der Waals surface area contributed by atoms with Gasteiger partial charge >= 0.3 is 0 Å². The predicted molar refractivity (Wildman–Crippen MR) is 86.7 cm³/mol. The van der Waals surface area contributed by atoms with Crippen LogP contribution in [-0.2, 0) is 6.54 Å². The Morgan fingerprint density at radius 2 is 2.10 bits per heavy atom. The number of likely N-dealkylation sites (N-methyl/N-ethyl adjacent to an activating group) is 1. The molecule has 0 spiro atoms. The summed E-state index contributed by atoms with van der Waals surface area (Å²) in [7, 11) is 1.97. The zero-order chi connectivity index (χ0) is 15.4. The number of fused-ring (bicyclic) bond motifs is 1. The van der Waals surface area contributed by atoms with Crippen molar-refractivity contribution in [1.29, 1.82) is 0 Å². The first-order chi connectivity index (χ1) is 9.99. The Kier molecular flexibility index (Phi) is 5.20. The third-order valence-electron chi connectivity index (χ3n) is 3.35. The molecular weight excluding hydrogens is 264 g/mol. The Morgan fingerprint density at radius 3 is 2.76 bits per heavy atom. The molecule has 0 aliphatic heterocycles. The molecule has 0 aliphatic rings. The molecule has 2 aromatic heterocycles. The monoisotopic (exact) mass is 290 g/mol. The lowest BCUT2D eigenvalue weighted by Crippen LogP contribution is -2.29. The number of aliphatic hydroxyl groups excluding tert-OH is 1. The standard InChI is InChI=1S/C16H26N4O/c1-12(2)9-17-10-14-16(19(4)11-13(3)21)18-15-7-5-6-8-20(14)15/h5-8,12-13,17,21H,9-11H2,1-4H3. The van der Waals surface area contributed by atoms with Crippen LogP contribution < -0.4 is 10.2 Å². The van der Waals surface area contributed by atoms with Gasteiger partial charge in [-0.1, -0.05) is 19.9 Å². The third kappa shape index (κ3) is 3.95. The highest BCUT2D eigenvalue weighted by Crippen LogP contribution is 2.21. The quantitative estimate of drug-likeness (QED) is 0.818. The summed E-state index contributed by atoms with van der Waals surface area (Å²) in [5.41, 5.74) is 2.07. The maximum atomic E-state index is 9.61. The molecule has 21 heavy (non-hydrogen) atoms. The second-order valence-corrected chi connectivity index (χ2v) is 6.07. The van der Waals surface area contributed by atoms with Gasteiger partial charge in [0.25, 0.3) is 0 Å². The fourth-order valence-corrected chi connectivity index (χ4v) is 2.47. The van der Waals surface area contributed by atoms with Gasteiger partial charge in [-0.05, 0) is 31.5 Å². The number of aliphatic hydroxyl groups is 1. The molecule has 2 N–H and O–H groups in total. The van der Waals surface area contributed by atoms with E-state index in [9.17, 15) is 5.11 Å². The SMILES string of the molecule is CC(C)CNCc1c(N(C)CC(C)O)nc2ccccn12. The number of aromatic nitrogens is 2. The lowest BCUT2D eigenvalue weighted by molar-refractivity contribution is 0.201. The summed E-state index contributed by atoms with van der Waals surface area (Å²) in [5, 5.41) is 13.1. The lowest BCUT2D eigenvalue weighted by Gasteiger charge is -2.20. The highest BCUT2D eigenvalue weighted by molar-refractivity contribution is 5.55. The maximum Gasteiger partial charge on any atom is 0.152 e. The van der Waals surface area contributed by atoms with E-state index in [-0.39, 0.29) is 6.10 Å². The second kappa shape index (κ2) is 6.91. The van der Waals surface area contributed by atoms with Crippen LogP contribution in [0.2, 0.25) is 0 Å². The van der Waals surface area contributed by atoms with Crippen LogP contribution >= 0.6 is 0 Å². The third-order valence-corrected chi connectivity index (χ3v) is 3.35. The van der Waals surface area contributed by atoms with E-state index in [1.807, 2.05) is 36.3 Å². The first-order valence-electron chi connectivity index (χ1n) is 7.55. The van der Waals surface area contributed by atoms with Crippen molar-refractivity contribution in [2.45, 2.75) is 33.4 Å². The fraction of sp³-hybridized carbons (Fsp3) is 0.562. The minimum atomic E-state index is -0.378. The van der Waals surface area contributed by atoms with Gasteiger partial charge in [-0.15, -0.1) is 0 Å². The average molecular weight is 290 g/mol. The topological polar surface area (TPSA) is 52.8 Å². The van der Waals surface area contributed by atoms with Gasteiger partial charge in [0.05, 0.1) is 11.8 Å². The Morgan fingerprint density at radius 1 is 1.33 bits per heavy atom. The summed E-state index contributed by atoms with van der Waals surface area (Å²) in [6, 6.07) is 6.01. The molecule has 2 rings (SSSR count). The van der Waals surface area contributed by atoms with Crippen LogP contribution in [-0.4, -0.2) is 40.7 Å². The van der Waals surface area contributed by atoms with Crippen molar-refractivity contribution < 1.29 is 5.11 Å². The second-order valence-electron chi connectivity index (χ2n) is 6.07. The molecule has 1 unspecified atom stereocenters. The molecule has 0 saturated carbocycles. The van der Waals surface area contributed by atoms with Crippen LogP contribution in [0.25, 0.3) is 5.65 Å². The van der Waals surface area contributed by atoms with Crippen LogP contribution in [0.1, 0.15) is 26.5 Å². The fourth-order valence-electron chi connectivity index (χ4n) is 2.47. The molecule has 116 valence electrons. The highest BCUT2D eigenvalue weighted by atomic mass is 16.3. The van der Waals surface area contributed by atoms with Crippen molar-refractivity contribution in [1.82, 2.24) is 14.7 Å². The number of anilines is 1. The molecule has 5 nitrogen and oxygen atoms in total. The average Bonchev–Trinajstić information content (AvgIpc) is 2.77. The molecule has 0 aromatic carbocycles. The van der Waals surface area contributed by atoms with Gasteiger partial charge in [-0.3, -0.25) is 0 Å². The zero-order valence-electron chi connectivity index (χ0n) is 13.4. The largest absolute Gasteiger partial charge is 0.392 e. The van der Waals surface area contributed by atoms with Crippen molar-refractivity contribution in [2.75, 3.05) is 25.0 Å². The van der Waals surface area contributed by atoms with Gasteiger partial charge in [0.15, 0.2) is 5.82 Å². The molecule has 0 radical (unpaired) electrons. The first-order valence-corrected chi connectivity index (χ1v) is 7.55. The summed E-state index contributed by atoms with van der Waals surface area (Å²) in [6.45, 7) is 8.50. The van der Waals surface area contributed by atoms with Crippen LogP contribution in [0.15, 0.2) is 24.4 Å². The van der Waals surface area contributed by atoms with Crippen LogP contribution in [0, 0.1) is 5.92 Å². The van der Waals surface area contributed by atoms with Gasteiger partial charge in [0.2, 0.25) is 0 Å². The molecule has 1 atom stereocenters. The van der Waals surface area contributed by atoms with E-state index in [0.717, 1.165) is 30.2 Å². The van der Waals surface area contributed by atoms with E-state index in [2.05, 4.69) is 23.6 Å². The van der Waals surface area contributed by atoms with Gasteiger partial charge in [0.1, 0.15) is 5.65 Å². The molecule has 0 amide bonds. The Labute approximate surface area is 126 Å². The minimum Gasteiger partial charge on any atom is -0.392 e. The molecule has 0 saturated heterocycles. The van der Waals surface area contributed by atoms with Gasteiger partial charge in [0, 0.05) is 26.3 Å². The highest BCUT2D eigenvalue weighted by Gasteiger charge is 2.16. The summed E-state index contributed by atoms with van der Waals surface area (Å²) < 4.78 is 2.11. The van der Waals surface area contributed by atoms with Crippen LogP contribution in [0.4, 0.5) is 5.82 Å². The number of nitrogens with one attached hydrogen (secondary N) is 1. The van der Waals surface area contributed by atoms with E-state index < -0.39 is 0 Å². The number of imidazole rings is 1. The molecule has 0 fully saturated rings. The van der Waals surface area contributed by atoms with Crippen LogP contribution in [0.5, 0.6) is 0 Å².